The fourth-order valence-corrected chi connectivity index (χ4v) is 1.62. The van der Waals surface area contributed by atoms with E-state index in [4.69, 9.17) is 5.11 Å². The van der Waals surface area contributed by atoms with Gasteiger partial charge in [0, 0.05) is 18.5 Å². The minimum atomic E-state index is -0.946. The molecule has 0 bridgehead atoms. The summed E-state index contributed by atoms with van der Waals surface area (Å²) in [4.78, 5) is 10.4. The largest absolute Gasteiger partial charge is 0.478 e. The smallest absolute Gasteiger partial charge is 0.328 e. The Balaban J connectivity index is 2.32. The molecule has 0 radical (unpaired) electrons. The Bertz CT molecular complexity index is 557. The van der Waals surface area contributed by atoms with E-state index in [0.717, 1.165) is 22.9 Å². The standard InChI is InChI=1S/C13H12N2O2/c1-10-9-11(4-6-13(16)17)3-5-12(10)15-8-2-7-14-15/h2-9H,1H3,(H,16,17). The van der Waals surface area contributed by atoms with Gasteiger partial charge in [0.2, 0.25) is 0 Å². The van der Waals surface area contributed by atoms with E-state index < -0.39 is 5.97 Å². The van der Waals surface area contributed by atoms with Gasteiger partial charge in [0.25, 0.3) is 0 Å². The molecule has 0 aliphatic carbocycles. The summed E-state index contributed by atoms with van der Waals surface area (Å²) in [6.07, 6.45) is 6.29. The van der Waals surface area contributed by atoms with E-state index in [9.17, 15) is 4.79 Å². The summed E-state index contributed by atoms with van der Waals surface area (Å²) < 4.78 is 1.78. The third-order valence-electron chi connectivity index (χ3n) is 2.39. The maximum atomic E-state index is 10.4. The molecule has 1 aromatic heterocycles. The van der Waals surface area contributed by atoms with E-state index in [1.807, 2.05) is 37.4 Å². The van der Waals surface area contributed by atoms with Crippen LogP contribution in [0.4, 0.5) is 0 Å². The van der Waals surface area contributed by atoms with Gasteiger partial charge in [-0.2, -0.15) is 5.10 Å². The van der Waals surface area contributed by atoms with E-state index in [1.165, 1.54) is 0 Å². The van der Waals surface area contributed by atoms with Crippen LogP contribution in [0.5, 0.6) is 0 Å². The van der Waals surface area contributed by atoms with Crippen molar-refractivity contribution in [3.05, 3.63) is 53.9 Å². The number of aryl methyl sites for hydroxylation is 1. The summed E-state index contributed by atoms with van der Waals surface area (Å²) in [5.41, 5.74) is 2.89. The highest BCUT2D eigenvalue weighted by atomic mass is 16.4. The highest BCUT2D eigenvalue weighted by molar-refractivity contribution is 5.85. The van der Waals surface area contributed by atoms with Crippen LogP contribution in [0.2, 0.25) is 0 Å². The number of carboxylic acids is 1. The summed E-state index contributed by atoms with van der Waals surface area (Å²) in [5, 5.41) is 12.7. The molecule has 0 aliphatic heterocycles. The van der Waals surface area contributed by atoms with Crippen LogP contribution in [0.25, 0.3) is 11.8 Å². The van der Waals surface area contributed by atoms with Gasteiger partial charge in [-0.25, -0.2) is 9.48 Å². The van der Waals surface area contributed by atoms with Gasteiger partial charge in [-0.15, -0.1) is 0 Å². The molecular weight excluding hydrogens is 216 g/mol. The minimum Gasteiger partial charge on any atom is -0.478 e. The quantitative estimate of drug-likeness (QED) is 0.820. The lowest BCUT2D eigenvalue weighted by Crippen LogP contribution is -1.97. The van der Waals surface area contributed by atoms with Crippen LogP contribution in [0, 0.1) is 6.92 Å². The molecular formula is C13H12N2O2. The molecule has 2 rings (SSSR count). The zero-order valence-electron chi connectivity index (χ0n) is 9.37. The molecule has 0 saturated heterocycles. The van der Waals surface area contributed by atoms with Crippen LogP contribution in [-0.2, 0) is 4.79 Å². The van der Waals surface area contributed by atoms with Gasteiger partial charge < -0.3 is 5.11 Å². The molecule has 1 N–H and O–H groups in total. The fraction of sp³-hybridized carbons (Fsp3) is 0.0769. The molecule has 17 heavy (non-hydrogen) atoms. The molecule has 0 saturated carbocycles. The first kappa shape index (κ1) is 11.1. The number of benzene rings is 1. The van der Waals surface area contributed by atoms with Crippen molar-refractivity contribution in [3.8, 4) is 5.69 Å². The number of hydrogen-bond donors (Lipinski definition) is 1. The number of carboxylic acid groups (broad SMARTS) is 1. The topological polar surface area (TPSA) is 55.1 Å². The van der Waals surface area contributed by atoms with Gasteiger partial charge in [-0.1, -0.05) is 6.07 Å². The van der Waals surface area contributed by atoms with Crippen LogP contribution in [0.3, 0.4) is 0 Å². The van der Waals surface area contributed by atoms with Crippen molar-refractivity contribution in [2.24, 2.45) is 0 Å². The monoisotopic (exact) mass is 228 g/mol. The Hall–Kier alpha value is -2.36. The lowest BCUT2D eigenvalue weighted by molar-refractivity contribution is -0.131. The van der Waals surface area contributed by atoms with Crippen molar-refractivity contribution >= 4 is 12.0 Å². The Morgan fingerprint density at radius 2 is 2.29 bits per heavy atom. The third-order valence-corrected chi connectivity index (χ3v) is 2.39. The lowest BCUT2D eigenvalue weighted by Gasteiger charge is -2.06. The van der Waals surface area contributed by atoms with Crippen molar-refractivity contribution in [1.82, 2.24) is 9.78 Å². The van der Waals surface area contributed by atoms with Gasteiger partial charge in [0.1, 0.15) is 0 Å². The average molecular weight is 228 g/mol. The molecule has 0 atom stereocenters. The second kappa shape index (κ2) is 4.65. The van der Waals surface area contributed by atoms with Crippen molar-refractivity contribution in [2.45, 2.75) is 6.92 Å². The number of nitrogens with zero attached hydrogens (tertiary/aromatic N) is 2. The van der Waals surface area contributed by atoms with Crippen molar-refractivity contribution in [2.75, 3.05) is 0 Å². The third kappa shape index (κ3) is 2.60. The Morgan fingerprint density at radius 3 is 2.88 bits per heavy atom. The van der Waals surface area contributed by atoms with Gasteiger partial charge in [0.05, 0.1) is 5.69 Å². The normalized spacial score (nSPS) is 10.9. The lowest BCUT2D eigenvalue weighted by atomic mass is 10.1. The fourth-order valence-electron chi connectivity index (χ4n) is 1.62. The van der Waals surface area contributed by atoms with Crippen LogP contribution in [-0.4, -0.2) is 20.9 Å². The van der Waals surface area contributed by atoms with Crippen LogP contribution in [0.15, 0.2) is 42.7 Å². The van der Waals surface area contributed by atoms with Crippen LogP contribution < -0.4 is 0 Å². The number of rotatable bonds is 3. The van der Waals surface area contributed by atoms with E-state index >= 15 is 0 Å². The maximum absolute atomic E-state index is 10.4. The number of hydrogen-bond acceptors (Lipinski definition) is 2. The maximum Gasteiger partial charge on any atom is 0.328 e. The molecule has 0 amide bonds. The Labute approximate surface area is 98.8 Å². The predicted molar refractivity (Wildman–Crippen MR) is 65.0 cm³/mol. The number of aliphatic carboxylic acids is 1. The Kier molecular flexibility index (Phi) is 3.05. The number of aromatic nitrogens is 2. The van der Waals surface area contributed by atoms with Crippen molar-refractivity contribution < 1.29 is 9.90 Å². The molecule has 0 unspecified atom stereocenters. The summed E-state index contributed by atoms with van der Waals surface area (Å²) in [5.74, 6) is -0.946. The SMILES string of the molecule is Cc1cc(C=CC(=O)O)ccc1-n1cccn1. The first-order valence-corrected chi connectivity index (χ1v) is 5.18. The minimum absolute atomic E-state index is 0.862. The first-order chi connectivity index (χ1) is 8.16. The summed E-state index contributed by atoms with van der Waals surface area (Å²) in [6.45, 7) is 1.97. The van der Waals surface area contributed by atoms with E-state index in [2.05, 4.69) is 5.10 Å². The van der Waals surface area contributed by atoms with Gasteiger partial charge >= 0.3 is 5.97 Å². The summed E-state index contributed by atoms with van der Waals surface area (Å²) in [7, 11) is 0. The van der Waals surface area contributed by atoms with E-state index in [1.54, 1.807) is 17.0 Å². The van der Waals surface area contributed by atoms with E-state index in [0.29, 0.717) is 0 Å². The zero-order valence-corrected chi connectivity index (χ0v) is 9.37. The van der Waals surface area contributed by atoms with Crippen LogP contribution >= 0.6 is 0 Å². The van der Waals surface area contributed by atoms with Crippen molar-refractivity contribution in [1.29, 1.82) is 0 Å². The average Bonchev–Trinajstić information content (AvgIpc) is 2.79. The molecule has 4 heteroatoms. The summed E-state index contributed by atoms with van der Waals surface area (Å²) in [6, 6.07) is 7.57. The van der Waals surface area contributed by atoms with E-state index in [-0.39, 0.29) is 0 Å². The number of carbonyl (C=O) groups is 1. The van der Waals surface area contributed by atoms with Crippen molar-refractivity contribution in [3.63, 3.8) is 0 Å². The van der Waals surface area contributed by atoms with Gasteiger partial charge in [-0.05, 0) is 42.3 Å². The summed E-state index contributed by atoms with van der Waals surface area (Å²) >= 11 is 0. The Morgan fingerprint density at radius 1 is 1.47 bits per heavy atom. The molecule has 86 valence electrons. The second-order valence-electron chi connectivity index (χ2n) is 3.67. The molecule has 0 spiro atoms. The van der Waals surface area contributed by atoms with Crippen LogP contribution in [0.1, 0.15) is 11.1 Å². The molecule has 1 heterocycles. The molecule has 2 aromatic rings. The molecule has 4 nitrogen and oxygen atoms in total. The predicted octanol–water partition coefficient (Wildman–Crippen LogP) is 2.28. The van der Waals surface area contributed by atoms with Gasteiger partial charge in [0.15, 0.2) is 0 Å². The highest BCUT2D eigenvalue weighted by Gasteiger charge is 2.01. The second-order valence-corrected chi connectivity index (χ2v) is 3.67. The molecule has 1 aromatic carbocycles. The molecule has 0 aliphatic rings. The molecule has 0 fully saturated rings. The zero-order chi connectivity index (χ0) is 12.3. The van der Waals surface area contributed by atoms with Gasteiger partial charge in [-0.3, -0.25) is 0 Å². The first-order valence-electron chi connectivity index (χ1n) is 5.18. The highest BCUT2D eigenvalue weighted by Crippen LogP contribution is 2.15.